The Bertz CT molecular complexity index is 618. The predicted octanol–water partition coefficient (Wildman–Crippen LogP) is -0.208. The summed E-state index contributed by atoms with van der Waals surface area (Å²) in [5.41, 5.74) is 3.59. The zero-order chi connectivity index (χ0) is 16.2. The number of nitrogens with one attached hydrogen (secondary N) is 1. The Balaban J connectivity index is 2.97. The Morgan fingerprint density at radius 1 is 1.43 bits per heavy atom. The van der Waals surface area contributed by atoms with Crippen LogP contribution in [0.1, 0.15) is 16.8 Å². The molecule has 0 bridgehead atoms. The number of primary amides is 1. The molecule has 0 aromatic heterocycles. The van der Waals surface area contributed by atoms with E-state index in [1.54, 1.807) is 0 Å². The molecular weight excluding hydrogens is 289 g/mol. The first-order valence-corrected chi connectivity index (χ1v) is 5.48. The van der Waals surface area contributed by atoms with Gasteiger partial charge in [0.05, 0.1) is 11.3 Å². The molecule has 0 saturated heterocycles. The van der Waals surface area contributed by atoms with E-state index >= 15 is 0 Å². The fourth-order valence-electron chi connectivity index (χ4n) is 1.44. The number of nitrogens with zero attached hydrogens (tertiary/aromatic N) is 1. The SMILES string of the molecule is NC(=O)C[C@@H](NC(=O)c1ccc(F)c([N+](=O)[O-])c1)C(=O)O. The molecule has 1 atom stereocenters. The summed E-state index contributed by atoms with van der Waals surface area (Å²) in [7, 11) is 0. The molecule has 112 valence electrons. The molecule has 0 aliphatic heterocycles. The van der Waals surface area contributed by atoms with Crippen LogP contribution in [0.15, 0.2) is 18.2 Å². The highest BCUT2D eigenvalue weighted by Crippen LogP contribution is 2.18. The lowest BCUT2D eigenvalue weighted by molar-refractivity contribution is -0.387. The summed E-state index contributed by atoms with van der Waals surface area (Å²) >= 11 is 0. The minimum absolute atomic E-state index is 0.321. The molecule has 21 heavy (non-hydrogen) atoms. The molecule has 9 nitrogen and oxygen atoms in total. The average molecular weight is 299 g/mol. The van der Waals surface area contributed by atoms with Gasteiger partial charge in [-0.15, -0.1) is 0 Å². The molecule has 0 fully saturated rings. The number of amides is 2. The van der Waals surface area contributed by atoms with Crippen LogP contribution in [-0.4, -0.2) is 33.9 Å². The number of carboxylic acid groups (broad SMARTS) is 1. The molecule has 10 heteroatoms. The Labute approximate surface area is 116 Å². The van der Waals surface area contributed by atoms with Crippen LogP contribution >= 0.6 is 0 Å². The third-order valence-corrected chi connectivity index (χ3v) is 2.41. The van der Waals surface area contributed by atoms with Gasteiger partial charge < -0.3 is 16.2 Å². The van der Waals surface area contributed by atoms with Gasteiger partial charge in [-0.2, -0.15) is 4.39 Å². The number of halogens is 1. The summed E-state index contributed by atoms with van der Waals surface area (Å²) in [5, 5.41) is 21.3. The van der Waals surface area contributed by atoms with Crippen LogP contribution in [0.5, 0.6) is 0 Å². The minimum atomic E-state index is -1.58. The summed E-state index contributed by atoms with van der Waals surface area (Å²) in [4.78, 5) is 42.8. The third kappa shape index (κ3) is 4.23. The lowest BCUT2D eigenvalue weighted by Gasteiger charge is -2.12. The fourth-order valence-corrected chi connectivity index (χ4v) is 1.44. The highest BCUT2D eigenvalue weighted by molar-refractivity contribution is 5.98. The zero-order valence-corrected chi connectivity index (χ0v) is 10.4. The first kappa shape index (κ1) is 16.0. The second kappa shape index (κ2) is 6.41. The number of carbonyl (C=O) groups excluding carboxylic acids is 2. The monoisotopic (exact) mass is 299 g/mol. The number of nitro benzene ring substituents is 1. The van der Waals surface area contributed by atoms with Gasteiger partial charge in [0.2, 0.25) is 11.7 Å². The van der Waals surface area contributed by atoms with E-state index in [1.165, 1.54) is 0 Å². The first-order valence-electron chi connectivity index (χ1n) is 5.48. The van der Waals surface area contributed by atoms with Crippen molar-refractivity contribution in [3.8, 4) is 0 Å². The van der Waals surface area contributed by atoms with Crippen molar-refractivity contribution < 1.29 is 28.8 Å². The Morgan fingerprint density at radius 3 is 2.52 bits per heavy atom. The van der Waals surface area contributed by atoms with Crippen LogP contribution in [0.25, 0.3) is 0 Å². The number of hydrogen-bond donors (Lipinski definition) is 3. The van der Waals surface area contributed by atoms with Crippen LogP contribution in [0.4, 0.5) is 10.1 Å². The highest BCUT2D eigenvalue weighted by Gasteiger charge is 2.24. The maximum absolute atomic E-state index is 13.1. The normalized spacial score (nSPS) is 11.5. The fraction of sp³-hybridized carbons (Fsp3) is 0.182. The molecule has 0 aliphatic rings. The minimum Gasteiger partial charge on any atom is -0.480 e. The van der Waals surface area contributed by atoms with Gasteiger partial charge >= 0.3 is 11.7 Å². The Hall–Kier alpha value is -3.04. The van der Waals surface area contributed by atoms with Crippen molar-refractivity contribution in [1.29, 1.82) is 0 Å². The summed E-state index contributed by atoms with van der Waals surface area (Å²) in [5.74, 6) is -4.60. The molecule has 0 spiro atoms. The highest BCUT2D eigenvalue weighted by atomic mass is 19.1. The summed E-state index contributed by atoms with van der Waals surface area (Å²) < 4.78 is 13.1. The van der Waals surface area contributed by atoms with Crippen molar-refractivity contribution in [2.45, 2.75) is 12.5 Å². The van der Waals surface area contributed by atoms with Crippen LogP contribution in [-0.2, 0) is 9.59 Å². The molecule has 1 rings (SSSR count). The van der Waals surface area contributed by atoms with Gasteiger partial charge in [0.25, 0.3) is 5.91 Å². The maximum Gasteiger partial charge on any atom is 0.326 e. The summed E-state index contributed by atoms with van der Waals surface area (Å²) in [6.07, 6.45) is -0.648. The van der Waals surface area contributed by atoms with Gasteiger partial charge in [0, 0.05) is 11.6 Å². The van der Waals surface area contributed by atoms with Gasteiger partial charge in [-0.25, -0.2) is 4.79 Å². The number of rotatable bonds is 6. The molecule has 2 amide bonds. The van der Waals surface area contributed by atoms with Crippen LogP contribution < -0.4 is 11.1 Å². The molecule has 1 aromatic carbocycles. The van der Waals surface area contributed by atoms with Crippen molar-refractivity contribution in [3.63, 3.8) is 0 Å². The van der Waals surface area contributed by atoms with Gasteiger partial charge in [-0.3, -0.25) is 19.7 Å². The van der Waals surface area contributed by atoms with Crippen molar-refractivity contribution in [2.24, 2.45) is 5.73 Å². The van der Waals surface area contributed by atoms with E-state index in [1.807, 2.05) is 5.32 Å². The number of nitro groups is 1. The van der Waals surface area contributed by atoms with E-state index < -0.39 is 46.7 Å². The molecule has 0 saturated carbocycles. The second-order valence-corrected chi connectivity index (χ2v) is 3.96. The van der Waals surface area contributed by atoms with Crippen LogP contribution in [0.3, 0.4) is 0 Å². The Kier molecular flexibility index (Phi) is 4.89. The number of nitrogens with two attached hydrogens (primary N) is 1. The number of carbonyl (C=O) groups is 3. The average Bonchev–Trinajstić information content (AvgIpc) is 2.37. The van der Waals surface area contributed by atoms with Gasteiger partial charge in [0.15, 0.2) is 0 Å². The van der Waals surface area contributed by atoms with E-state index in [0.717, 1.165) is 6.07 Å². The third-order valence-electron chi connectivity index (χ3n) is 2.41. The quantitative estimate of drug-likeness (QED) is 0.488. The predicted molar refractivity (Wildman–Crippen MR) is 65.8 cm³/mol. The van der Waals surface area contributed by atoms with Crippen molar-refractivity contribution in [1.82, 2.24) is 5.32 Å². The molecular formula is C11H10FN3O6. The first-order chi connectivity index (χ1) is 9.72. The number of benzene rings is 1. The van der Waals surface area contributed by atoms with Gasteiger partial charge in [0.1, 0.15) is 6.04 Å². The van der Waals surface area contributed by atoms with E-state index in [9.17, 15) is 28.9 Å². The van der Waals surface area contributed by atoms with E-state index in [0.29, 0.717) is 12.1 Å². The van der Waals surface area contributed by atoms with Crippen molar-refractivity contribution in [2.75, 3.05) is 0 Å². The summed E-state index contributed by atoms with van der Waals surface area (Å²) in [6, 6.07) is 0.727. The molecule has 0 heterocycles. The van der Waals surface area contributed by atoms with Gasteiger partial charge in [-0.05, 0) is 12.1 Å². The molecule has 1 aromatic rings. The topological polar surface area (TPSA) is 153 Å². The smallest absolute Gasteiger partial charge is 0.326 e. The van der Waals surface area contributed by atoms with Crippen molar-refractivity contribution in [3.05, 3.63) is 39.7 Å². The van der Waals surface area contributed by atoms with Crippen LogP contribution in [0, 0.1) is 15.9 Å². The Morgan fingerprint density at radius 2 is 2.05 bits per heavy atom. The van der Waals surface area contributed by atoms with E-state index in [-0.39, 0.29) is 5.56 Å². The zero-order valence-electron chi connectivity index (χ0n) is 10.4. The van der Waals surface area contributed by atoms with Crippen molar-refractivity contribution >= 4 is 23.5 Å². The number of aliphatic carboxylic acids is 1. The lowest BCUT2D eigenvalue weighted by atomic mass is 10.1. The maximum atomic E-state index is 13.1. The molecule has 0 aliphatic carbocycles. The van der Waals surface area contributed by atoms with Crippen LogP contribution in [0.2, 0.25) is 0 Å². The second-order valence-electron chi connectivity index (χ2n) is 3.96. The number of carboxylic acids is 1. The number of hydrogen-bond acceptors (Lipinski definition) is 5. The lowest BCUT2D eigenvalue weighted by Crippen LogP contribution is -2.43. The van der Waals surface area contributed by atoms with E-state index in [4.69, 9.17) is 10.8 Å². The summed E-state index contributed by atoms with van der Waals surface area (Å²) in [6.45, 7) is 0. The largest absolute Gasteiger partial charge is 0.480 e. The standard InChI is InChI=1S/C11H10FN3O6/c12-6-2-1-5(3-8(6)15(20)21)10(17)14-7(11(18)19)4-9(13)16/h1-3,7H,4H2,(H2,13,16)(H,14,17)(H,18,19)/t7-/m1/s1. The molecule has 4 N–H and O–H groups in total. The van der Waals surface area contributed by atoms with Gasteiger partial charge in [-0.1, -0.05) is 0 Å². The molecule has 0 unspecified atom stereocenters. The van der Waals surface area contributed by atoms with E-state index in [2.05, 4.69) is 0 Å². The molecule has 0 radical (unpaired) electrons.